The number of halogens is 2. The van der Waals surface area contributed by atoms with Gasteiger partial charge in [0.2, 0.25) is 6.23 Å². The molecule has 3 aromatic rings. The van der Waals surface area contributed by atoms with E-state index >= 15 is 0 Å². The number of hydrazone groups is 1. The van der Waals surface area contributed by atoms with Crippen LogP contribution in [0.5, 0.6) is 11.5 Å². The Morgan fingerprint density at radius 3 is 2.60 bits per heavy atom. The van der Waals surface area contributed by atoms with E-state index in [4.69, 9.17) is 26.2 Å². The standard InChI is InChI=1S/C24H20BrClN2O2/c1-2-29-19-10-5-16(6-11-19)24-28-22(20-13-17(25)7-12-23(20)30-24)14-21(27-28)15-3-8-18(26)9-4-15/h3-13,22,24H,2,14H2,1H3/t22-,24-/m0/s1. The molecule has 0 N–H and O–H groups in total. The van der Waals surface area contributed by atoms with Crippen molar-refractivity contribution >= 4 is 33.2 Å². The Morgan fingerprint density at radius 2 is 1.87 bits per heavy atom. The maximum Gasteiger partial charge on any atom is 0.213 e. The lowest BCUT2D eigenvalue weighted by Crippen LogP contribution is -2.33. The molecule has 152 valence electrons. The van der Waals surface area contributed by atoms with Crippen molar-refractivity contribution < 1.29 is 9.47 Å². The number of hydrogen-bond acceptors (Lipinski definition) is 4. The zero-order valence-electron chi connectivity index (χ0n) is 16.4. The van der Waals surface area contributed by atoms with Crippen molar-refractivity contribution in [1.29, 1.82) is 0 Å². The molecule has 5 rings (SSSR count). The third kappa shape index (κ3) is 3.57. The van der Waals surface area contributed by atoms with Gasteiger partial charge in [-0.2, -0.15) is 5.10 Å². The molecule has 2 atom stereocenters. The minimum atomic E-state index is -0.302. The Morgan fingerprint density at radius 1 is 1.10 bits per heavy atom. The molecular weight excluding hydrogens is 464 g/mol. The van der Waals surface area contributed by atoms with Gasteiger partial charge < -0.3 is 9.47 Å². The third-order valence-corrected chi connectivity index (χ3v) is 6.15. The van der Waals surface area contributed by atoms with Gasteiger partial charge in [0.05, 0.1) is 18.4 Å². The van der Waals surface area contributed by atoms with Crippen LogP contribution in [-0.2, 0) is 0 Å². The molecule has 0 saturated heterocycles. The van der Waals surface area contributed by atoms with E-state index in [1.165, 1.54) is 0 Å². The van der Waals surface area contributed by atoms with Crippen LogP contribution in [0.2, 0.25) is 5.02 Å². The van der Waals surface area contributed by atoms with Crippen molar-refractivity contribution in [2.24, 2.45) is 5.10 Å². The molecule has 2 aliphatic heterocycles. The summed E-state index contributed by atoms with van der Waals surface area (Å²) in [6.45, 7) is 2.62. The molecule has 6 heteroatoms. The van der Waals surface area contributed by atoms with Gasteiger partial charge in [0.15, 0.2) is 0 Å². The molecule has 0 bridgehead atoms. The van der Waals surface area contributed by atoms with E-state index in [0.29, 0.717) is 6.61 Å². The number of nitrogens with zero attached hydrogens (tertiary/aromatic N) is 2. The van der Waals surface area contributed by atoms with Gasteiger partial charge in [-0.05, 0) is 67.1 Å². The molecule has 0 spiro atoms. The fraction of sp³-hybridized carbons (Fsp3) is 0.208. The number of hydrogen-bond donors (Lipinski definition) is 0. The van der Waals surface area contributed by atoms with Gasteiger partial charge in [-0.15, -0.1) is 0 Å². The summed E-state index contributed by atoms with van der Waals surface area (Å²) in [4.78, 5) is 0. The molecule has 0 aromatic heterocycles. The van der Waals surface area contributed by atoms with Crippen molar-refractivity contribution in [2.75, 3.05) is 6.61 Å². The summed E-state index contributed by atoms with van der Waals surface area (Å²) in [5, 5.41) is 7.79. The van der Waals surface area contributed by atoms with Crippen LogP contribution in [0.4, 0.5) is 0 Å². The van der Waals surface area contributed by atoms with E-state index in [1.807, 2.05) is 67.6 Å². The SMILES string of the molecule is CCOc1ccc([C@@H]2Oc3ccc(Br)cc3[C@@H]3CC(c4ccc(Cl)cc4)=NN32)cc1. The van der Waals surface area contributed by atoms with Crippen LogP contribution in [0.1, 0.15) is 42.3 Å². The highest BCUT2D eigenvalue weighted by atomic mass is 79.9. The molecule has 0 unspecified atom stereocenters. The first-order chi connectivity index (χ1) is 14.6. The number of ether oxygens (including phenoxy) is 2. The van der Waals surface area contributed by atoms with Gasteiger partial charge in [0.1, 0.15) is 11.5 Å². The van der Waals surface area contributed by atoms with Crippen molar-refractivity contribution in [3.63, 3.8) is 0 Å². The first kappa shape index (κ1) is 19.5. The third-order valence-electron chi connectivity index (χ3n) is 5.41. The fourth-order valence-electron chi connectivity index (χ4n) is 3.99. The van der Waals surface area contributed by atoms with E-state index < -0.39 is 0 Å². The van der Waals surface area contributed by atoms with Crippen LogP contribution in [0.25, 0.3) is 0 Å². The molecule has 0 radical (unpaired) electrons. The lowest BCUT2D eigenvalue weighted by atomic mass is 9.96. The number of benzene rings is 3. The number of fused-ring (bicyclic) bond motifs is 3. The van der Waals surface area contributed by atoms with E-state index in [0.717, 1.165) is 49.8 Å². The summed E-state index contributed by atoms with van der Waals surface area (Å²) in [5.41, 5.74) is 4.29. The largest absolute Gasteiger partial charge is 0.494 e. The van der Waals surface area contributed by atoms with Crippen molar-refractivity contribution in [3.05, 3.63) is 92.9 Å². The van der Waals surface area contributed by atoms with Crippen molar-refractivity contribution in [1.82, 2.24) is 5.01 Å². The lowest BCUT2D eigenvalue weighted by molar-refractivity contribution is -0.0191. The maximum atomic E-state index is 6.43. The van der Waals surface area contributed by atoms with E-state index in [2.05, 4.69) is 27.0 Å². The second kappa shape index (κ2) is 7.97. The lowest BCUT2D eigenvalue weighted by Gasteiger charge is -2.38. The summed E-state index contributed by atoms with van der Waals surface area (Å²) in [6, 6.07) is 22.2. The monoisotopic (exact) mass is 482 g/mol. The Labute approximate surface area is 189 Å². The predicted molar refractivity (Wildman–Crippen MR) is 122 cm³/mol. The zero-order valence-corrected chi connectivity index (χ0v) is 18.7. The van der Waals surface area contributed by atoms with Crippen molar-refractivity contribution in [3.8, 4) is 11.5 Å². The topological polar surface area (TPSA) is 34.1 Å². The van der Waals surface area contributed by atoms with E-state index in [1.54, 1.807) is 0 Å². The second-order valence-corrected chi connectivity index (χ2v) is 8.66. The molecule has 2 heterocycles. The van der Waals surface area contributed by atoms with Crippen LogP contribution in [0, 0.1) is 0 Å². The second-order valence-electron chi connectivity index (χ2n) is 7.31. The molecule has 30 heavy (non-hydrogen) atoms. The summed E-state index contributed by atoms with van der Waals surface area (Å²) >= 11 is 9.68. The normalized spacial score (nSPS) is 19.6. The molecule has 2 aliphatic rings. The highest BCUT2D eigenvalue weighted by molar-refractivity contribution is 9.10. The Balaban J connectivity index is 1.55. The van der Waals surface area contributed by atoms with Crippen molar-refractivity contribution in [2.45, 2.75) is 25.6 Å². The molecule has 0 amide bonds. The average molecular weight is 484 g/mol. The number of rotatable bonds is 4. The Bertz CT molecular complexity index is 1100. The molecule has 0 fully saturated rings. The van der Waals surface area contributed by atoms with Crippen LogP contribution in [0.3, 0.4) is 0 Å². The molecular formula is C24H20BrClN2O2. The zero-order chi connectivity index (χ0) is 20.7. The highest BCUT2D eigenvalue weighted by Gasteiger charge is 2.41. The van der Waals surface area contributed by atoms with Crippen LogP contribution in [-0.4, -0.2) is 17.3 Å². The minimum Gasteiger partial charge on any atom is -0.494 e. The van der Waals surface area contributed by atoms with Gasteiger partial charge in [0.25, 0.3) is 0 Å². The summed E-state index contributed by atoms with van der Waals surface area (Å²) < 4.78 is 13.0. The van der Waals surface area contributed by atoms with Gasteiger partial charge in [-0.1, -0.05) is 39.7 Å². The van der Waals surface area contributed by atoms with Crippen LogP contribution < -0.4 is 9.47 Å². The Kier molecular flexibility index (Phi) is 5.17. The molecule has 0 aliphatic carbocycles. The Hall–Kier alpha value is -2.50. The average Bonchev–Trinajstić information content (AvgIpc) is 3.20. The molecule has 4 nitrogen and oxygen atoms in total. The van der Waals surface area contributed by atoms with Gasteiger partial charge in [0, 0.05) is 27.0 Å². The first-order valence-corrected chi connectivity index (χ1v) is 11.1. The maximum absolute atomic E-state index is 6.43. The van der Waals surface area contributed by atoms with Crippen LogP contribution >= 0.6 is 27.5 Å². The van der Waals surface area contributed by atoms with E-state index in [-0.39, 0.29) is 12.3 Å². The summed E-state index contributed by atoms with van der Waals surface area (Å²) in [6.07, 6.45) is 0.506. The summed E-state index contributed by atoms with van der Waals surface area (Å²) in [5.74, 6) is 1.75. The predicted octanol–water partition coefficient (Wildman–Crippen LogP) is 6.74. The molecule has 0 saturated carbocycles. The molecule has 3 aromatic carbocycles. The van der Waals surface area contributed by atoms with Gasteiger partial charge in [-0.3, -0.25) is 0 Å². The van der Waals surface area contributed by atoms with Gasteiger partial charge in [-0.25, -0.2) is 5.01 Å². The quantitative estimate of drug-likeness (QED) is 0.412. The fourth-order valence-corrected chi connectivity index (χ4v) is 4.49. The van der Waals surface area contributed by atoms with Crippen LogP contribution in [0.15, 0.2) is 76.3 Å². The van der Waals surface area contributed by atoms with Gasteiger partial charge >= 0.3 is 0 Å². The van der Waals surface area contributed by atoms with E-state index in [9.17, 15) is 0 Å². The highest BCUT2D eigenvalue weighted by Crippen LogP contribution is 2.48. The summed E-state index contributed by atoms with van der Waals surface area (Å²) in [7, 11) is 0. The minimum absolute atomic E-state index is 0.105. The smallest absolute Gasteiger partial charge is 0.213 e. The first-order valence-electron chi connectivity index (χ1n) is 9.93.